The highest BCUT2D eigenvalue weighted by Crippen LogP contribution is 2.36. The summed E-state index contributed by atoms with van der Waals surface area (Å²) in [5.41, 5.74) is 7.10. The molecular formula is C34H40ClN7O. The largest absolute Gasteiger partial charge is 0.378 e. The number of nitrogens with one attached hydrogen (secondary N) is 2. The van der Waals surface area contributed by atoms with E-state index in [0.717, 1.165) is 73.6 Å². The van der Waals surface area contributed by atoms with E-state index >= 15 is 0 Å². The minimum atomic E-state index is 0.112. The Hall–Kier alpha value is -3.72. The van der Waals surface area contributed by atoms with Crippen LogP contribution >= 0.6 is 11.6 Å². The molecule has 2 aliphatic heterocycles. The number of aryl methyl sites for hydroxylation is 2. The maximum Gasteiger partial charge on any atom is 0.234 e. The van der Waals surface area contributed by atoms with E-state index in [2.05, 4.69) is 77.7 Å². The van der Waals surface area contributed by atoms with Gasteiger partial charge in [-0.15, -0.1) is 10.2 Å². The van der Waals surface area contributed by atoms with E-state index < -0.39 is 0 Å². The minimum Gasteiger partial charge on any atom is -0.378 e. The fourth-order valence-electron chi connectivity index (χ4n) is 6.16. The quantitative estimate of drug-likeness (QED) is 0.274. The molecule has 0 saturated carbocycles. The Bertz CT molecular complexity index is 1560. The molecule has 0 aliphatic carbocycles. The van der Waals surface area contributed by atoms with Gasteiger partial charge in [0.15, 0.2) is 0 Å². The van der Waals surface area contributed by atoms with Crippen LogP contribution in [0.1, 0.15) is 49.1 Å². The van der Waals surface area contributed by atoms with Gasteiger partial charge in [-0.1, -0.05) is 41.9 Å². The van der Waals surface area contributed by atoms with Crippen LogP contribution in [0.4, 0.5) is 5.69 Å². The van der Waals surface area contributed by atoms with Gasteiger partial charge in [-0.25, -0.2) is 0 Å². The molecule has 8 nitrogen and oxygen atoms in total. The molecule has 224 valence electrons. The van der Waals surface area contributed by atoms with Crippen molar-refractivity contribution in [2.45, 2.75) is 52.2 Å². The SMILES string of the molecule is Cc1nnc2n1-c1ccc(-c3ccc(CN4CCN(CC(=O)NC(C)C)CC4)cc3)cc1C(Nc1ccc(Cl)cc1)CC2. The van der Waals surface area contributed by atoms with Gasteiger partial charge >= 0.3 is 0 Å². The van der Waals surface area contributed by atoms with Crippen LogP contribution in [0.25, 0.3) is 16.8 Å². The number of piperazine rings is 1. The van der Waals surface area contributed by atoms with Crippen molar-refractivity contribution in [3.63, 3.8) is 0 Å². The number of halogens is 1. The molecule has 1 atom stereocenters. The lowest BCUT2D eigenvalue weighted by molar-refractivity contribution is -0.123. The van der Waals surface area contributed by atoms with Crippen LogP contribution in [0.3, 0.4) is 0 Å². The molecular weight excluding hydrogens is 558 g/mol. The molecule has 6 rings (SSSR count). The lowest BCUT2D eigenvalue weighted by Crippen LogP contribution is -2.49. The standard InChI is InChI=1S/C34H40ClN7O/c1-23(2)36-34(43)22-41-18-16-40(17-19-41)21-25-4-6-26(7-5-25)27-8-14-32-30(20-27)31(37-29-11-9-28(35)10-12-29)13-15-33-39-38-24(3)42(32)33/h4-12,14,20,23,31,37H,13,15-19,21-22H2,1-3H3,(H,36,43). The van der Waals surface area contributed by atoms with Gasteiger partial charge in [-0.3, -0.25) is 19.2 Å². The molecule has 1 amide bonds. The fraction of sp³-hybridized carbons (Fsp3) is 0.382. The minimum absolute atomic E-state index is 0.112. The van der Waals surface area contributed by atoms with Gasteiger partial charge in [0.2, 0.25) is 5.91 Å². The molecule has 1 aromatic heterocycles. The van der Waals surface area contributed by atoms with E-state index in [4.69, 9.17) is 11.6 Å². The third kappa shape index (κ3) is 6.93. The summed E-state index contributed by atoms with van der Waals surface area (Å²) in [5.74, 6) is 2.01. The lowest BCUT2D eigenvalue weighted by atomic mass is 9.95. The molecule has 1 saturated heterocycles. The van der Waals surface area contributed by atoms with Crippen molar-refractivity contribution < 1.29 is 4.79 Å². The van der Waals surface area contributed by atoms with E-state index in [1.807, 2.05) is 45.0 Å². The third-order valence-corrected chi connectivity index (χ3v) is 8.60. The van der Waals surface area contributed by atoms with Gasteiger partial charge in [0.25, 0.3) is 0 Å². The topological polar surface area (TPSA) is 78.3 Å². The lowest BCUT2D eigenvalue weighted by Gasteiger charge is -2.34. The number of aromatic nitrogens is 3. The Morgan fingerprint density at radius 2 is 1.63 bits per heavy atom. The van der Waals surface area contributed by atoms with Crippen LogP contribution in [0.5, 0.6) is 0 Å². The molecule has 0 bridgehead atoms. The summed E-state index contributed by atoms with van der Waals surface area (Å²) < 4.78 is 2.20. The first kappa shape index (κ1) is 29.4. The molecule has 1 unspecified atom stereocenters. The van der Waals surface area contributed by atoms with Crippen LogP contribution < -0.4 is 10.6 Å². The van der Waals surface area contributed by atoms with Crippen molar-refractivity contribution in [1.29, 1.82) is 0 Å². The molecule has 2 aliphatic rings. The van der Waals surface area contributed by atoms with Gasteiger partial charge in [0.1, 0.15) is 11.6 Å². The molecule has 0 spiro atoms. The summed E-state index contributed by atoms with van der Waals surface area (Å²) in [4.78, 5) is 16.8. The van der Waals surface area contributed by atoms with Crippen molar-refractivity contribution in [3.05, 3.63) is 94.5 Å². The van der Waals surface area contributed by atoms with E-state index in [1.165, 1.54) is 22.3 Å². The average molecular weight is 598 g/mol. The first-order valence-corrected chi connectivity index (χ1v) is 15.6. The monoisotopic (exact) mass is 597 g/mol. The van der Waals surface area contributed by atoms with Crippen molar-refractivity contribution in [2.24, 2.45) is 0 Å². The van der Waals surface area contributed by atoms with Crippen LogP contribution in [0.2, 0.25) is 5.02 Å². The van der Waals surface area contributed by atoms with Crippen LogP contribution in [0.15, 0.2) is 66.7 Å². The van der Waals surface area contributed by atoms with Crippen molar-refractivity contribution in [3.8, 4) is 16.8 Å². The van der Waals surface area contributed by atoms with Crippen molar-refractivity contribution in [1.82, 2.24) is 29.9 Å². The Morgan fingerprint density at radius 3 is 2.35 bits per heavy atom. The highest BCUT2D eigenvalue weighted by molar-refractivity contribution is 6.30. The zero-order valence-electron chi connectivity index (χ0n) is 25.2. The summed E-state index contributed by atoms with van der Waals surface area (Å²) in [6, 6.07) is 23.9. The fourth-order valence-corrected chi connectivity index (χ4v) is 6.29. The van der Waals surface area contributed by atoms with Crippen LogP contribution in [-0.2, 0) is 17.8 Å². The summed E-state index contributed by atoms with van der Waals surface area (Å²) in [6.45, 7) is 11.2. The molecule has 4 aromatic rings. The number of carbonyl (C=O) groups excluding carboxylic acids is 1. The Morgan fingerprint density at radius 1 is 0.930 bits per heavy atom. The Labute approximate surface area is 259 Å². The predicted octanol–water partition coefficient (Wildman–Crippen LogP) is 5.64. The van der Waals surface area contributed by atoms with Gasteiger partial charge in [0, 0.05) is 55.9 Å². The Kier molecular flexibility index (Phi) is 8.79. The zero-order chi connectivity index (χ0) is 29.9. The molecule has 3 heterocycles. The molecule has 43 heavy (non-hydrogen) atoms. The summed E-state index contributed by atoms with van der Waals surface area (Å²) in [7, 11) is 0. The highest BCUT2D eigenvalue weighted by atomic mass is 35.5. The number of rotatable bonds is 8. The normalized spacial score (nSPS) is 17.3. The van der Waals surface area contributed by atoms with E-state index in [-0.39, 0.29) is 18.0 Å². The van der Waals surface area contributed by atoms with Crippen molar-refractivity contribution in [2.75, 3.05) is 38.0 Å². The van der Waals surface area contributed by atoms with Gasteiger partial charge < -0.3 is 10.6 Å². The first-order valence-electron chi connectivity index (χ1n) is 15.2. The van der Waals surface area contributed by atoms with Gasteiger partial charge in [-0.2, -0.15) is 0 Å². The van der Waals surface area contributed by atoms with Crippen LogP contribution in [-0.4, -0.2) is 69.2 Å². The number of nitrogens with zero attached hydrogens (tertiary/aromatic N) is 5. The third-order valence-electron chi connectivity index (χ3n) is 8.35. The number of amides is 1. The highest BCUT2D eigenvalue weighted by Gasteiger charge is 2.25. The average Bonchev–Trinajstić information content (AvgIpc) is 3.28. The maximum atomic E-state index is 12.1. The van der Waals surface area contributed by atoms with E-state index in [9.17, 15) is 4.79 Å². The number of benzene rings is 3. The smallest absolute Gasteiger partial charge is 0.234 e. The van der Waals surface area contributed by atoms with Crippen molar-refractivity contribution >= 4 is 23.2 Å². The second-order valence-electron chi connectivity index (χ2n) is 12.0. The number of anilines is 1. The summed E-state index contributed by atoms with van der Waals surface area (Å²) in [6.07, 6.45) is 1.75. The number of carbonyl (C=O) groups is 1. The second-order valence-corrected chi connectivity index (χ2v) is 12.4. The molecule has 1 fully saturated rings. The maximum absolute atomic E-state index is 12.1. The zero-order valence-corrected chi connectivity index (χ0v) is 25.9. The molecule has 2 N–H and O–H groups in total. The summed E-state index contributed by atoms with van der Waals surface area (Å²) in [5, 5.41) is 16.3. The molecule has 9 heteroatoms. The van der Waals surface area contributed by atoms with Gasteiger partial charge in [-0.05, 0) is 85.8 Å². The molecule has 3 aromatic carbocycles. The first-order chi connectivity index (χ1) is 20.8. The Balaban J connectivity index is 1.17. The molecule has 0 radical (unpaired) electrons. The predicted molar refractivity (Wildman–Crippen MR) is 173 cm³/mol. The van der Waals surface area contributed by atoms with E-state index in [1.54, 1.807) is 0 Å². The van der Waals surface area contributed by atoms with Gasteiger partial charge in [0.05, 0.1) is 18.3 Å². The number of hydrogen-bond donors (Lipinski definition) is 2. The number of hydrogen-bond acceptors (Lipinski definition) is 6. The van der Waals surface area contributed by atoms with E-state index in [0.29, 0.717) is 6.54 Å². The second kappa shape index (κ2) is 12.9. The number of fused-ring (bicyclic) bond motifs is 3. The summed E-state index contributed by atoms with van der Waals surface area (Å²) >= 11 is 6.15. The van der Waals surface area contributed by atoms with Crippen LogP contribution in [0, 0.1) is 6.92 Å².